The summed E-state index contributed by atoms with van der Waals surface area (Å²) in [5.41, 5.74) is 0.993. The number of benzene rings is 1. The number of nitrogens with one attached hydrogen (secondary N) is 1. The highest BCUT2D eigenvalue weighted by Gasteiger charge is 2.31. The van der Waals surface area contributed by atoms with Crippen LogP contribution in [0.2, 0.25) is 0 Å². The third kappa shape index (κ3) is 3.81. The molecule has 2 rings (SSSR count). The average Bonchev–Trinajstić information content (AvgIpc) is 2.45. The number of rotatable bonds is 7. The number of esters is 1. The molecule has 0 amide bonds. The standard InChI is InChI=1S/C16H23NO3/c1-3-20-14-9-13(10-14)17-11-15(16(18)19-2)12-7-5-4-6-8-12/h4-8,13-15,17H,3,9-11H2,1-2H3. The molecule has 20 heavy (non-hydrogen) atoms. The van der Waals surface area contributed by atoms with Crippen molar-refractivity contribution in [1.29, 1.82) is 0 Å². The molecule has 1 N–H and O–H groups in total. The summed E-state index contributed by atoms with van der Waals surface area (Å²) >= 11 is 0. The Morgan fingerprint density at radius 3 is 2.65 bits per heavy atom. The number of ether oxygens (including phenoxy) is 2. The van der Waals surface area contributed by atoms with Gasteiger partial charge < -0.3 is 14.8 Å². The van der Waals surface area contributed by atoms with E-state index in [-0.39, 0.29) is 11.9 Å². The van der Waals surface area contributed by atoms with Crippen LogP contribution in [0.1, 0.15) is 31.2 Å². The molecule has 1 unspecified atom stereocenters. The topological polar surface area (TPSA) is 47.6 Å². The molecular formula is C16H23NO3. The molecular weight excluding hydrogens is 254 g/mol. The third-order valence-corrected chi connectivity index (χ3v) is 3.80. The van der Waals surface area contributed by atoms with Gasteiger partial charge in [-0.25, -0.2) is 0 Å². The number of hydrogen-bond acceptors (Lipinski definition) is 4. The van der Waals surface area contributed by atoms with Gasteiger partial charge in [-0.1, -0.05) is 30.3 Å². The summed E-state index contributed by atoms with van der Waals surface area (Å²) in [5, 5.41) is 3.44. The van der Waals surface area contributed by atoms with E-state index in [0.29, 0.717) is 18.7 Å². The first-order valence-corrected chi connectivity index (χ1v) is 7.22. The van der Waals surface area contributed by atoms with E-state index in [1.807, 2.05) is 37.3 Å². The smallest absolute Gasteiger partial charge is 0.314 e. The van der Waals surface area contributed by atoms with Gasteiger partial charge in [-0.05, 0) is 25.3 Å². The Morgan fingerprint density at radius 2 is 2.05 bits per heavy atom. The maximum absolute atomic E-state index is 11.9. The molecule has 0 spiro atoms. The van der Waals surface area contributed by atoms with Crippen molar-refractivity contribution in [2.75, 3.05) is 20.3 Å². The van der Waals surface area contributed by atoms with Crippen molar-refractivity contribution in [1.82, 2.24) is 5.32 Å². The van der Waals surface area contributed by atoms with Gasteiger partial charge in [0.25, 0.3) is 0 Å². The largest absolute Gasteiger partial charge is 0.469 e. The Kier molecular flexibility index (Phi) is 5.56. The lowest BCUT2D eigenvalue weighted by molar-refractivity contribution is -0.142. The van der Waals surface area contributed by atoms with Crippen molar-refractivity contribution in [3.63, 3.8) is 0 Å². The van der Waals surface area contributed by atoms with Crippen molar-refractivity contribution in [2.45, 2.75) is 37.8 Å². The quantitative estimate of drug-likeness (QED) is 0.775. The second-order valence-corrected chi connectivity index (χ2v) is 5.14. The van der Waals surface area contributed by atoms with Gasteiger partial charge in [0.2, 0.25) is 0 Å². The van der Waals surface area contributed by atoms with Crippen LogP contribution in [0.25, 0.3) is 0 Å². The Hall–Kier alpha value is -1.39. The molecule has 4 nitrogen and oxygen atoms in total. The summed E-state index contributed by atoms with van der Waals surface area (Å²) in [7, 11) is 1.44. The molecule has 110 valence electrons. The minimum absolute atomic E-state index is 0.190. The maximum atomic E-state index is 11.9. The number of carbonyl (C=O) groups excluding carboxylic acids is 1. The van der Waals surface area contributed by atoms with Crippen molar-refractivity contribution in [3.05, 3.63) is 35.9 Å². The second kappa shape index (κ2) is 7.41. The highest BCUT2D eigenvalue weighted by atomic mass is 16.5. The van der Waals surface area contributed by atoms with Crippen LogP contribution < -0.4 is 5.32 Å². The van der Waals surface area contributed by atoms with Crippen molar-refractivity contribution < 1.29 is 14.3 Å². The predicted octanol–water partition coefficient (Wildman–Crippen LogP) is 2.10. The first kappa shape index (κ1) is 15.0. The van der Waals surface area contributed by atoms with Gasteiger partial charge in [-0.3, -0.25) is 4.79 Å². The molecule has 0 saturated heterocycles. The lowest BCUT2D eigenvalue weighted by Crippen LogP contribution is -2.47. The molecule has 1 aliphatic carbocycles. The van der Waals surface area contributed by atoms with Gasteiger partial charge in [0.15, 0.2) is 0 Å². The van der Waals surface area contributed by atoms with Crippen LogP contribution in [0, 0.1) is 0 Å². The van der Waals surface area contributed by atoms with Crippen molar-refractivity contribution in [3.8, 4) is 0 Å². The van der Waals surface area contributed by atoms with Gasteiger partial charge in [0.05, 0.1) is 19.1 Å². The van der Waals surface area contributed by atoms with Crippen LogP contribution in [-0.2, 0) is 14.3 Å². The summed E-state index contributed by atoms with van der Waals surface area (Å²) in [4.78, 5) is 11.9. The molecule has 0 radical (unpaired) electrons. The Labute approximate surface area is 120 Å². The molecule has 1 aliphatic rings. The maximum Gasteiger partial charge on any atom is 0.314 e. The summed E-state index contributed by atoms with van der Waals surface area (Å²) in [5.74, 6) is -0.434. The first-order chi connectivity index (χ1) is 9.74. The van der Waals surface area contributed by atoms with Crippen LogP contribution in [-0.4, -0.2) is 38.4 Å². The highest BCUT2D eigenvalue weighted by molar-refractivity contribution is 5.78. The fourth-order valence-corrected chi connectivity index (χ4v) is 2.55. The van der Waals surface area contributed by atoms with Crippen LogP contribution >= 0.6 is 0 Å². The van der Waals surface area contributed by atoms with Crippen LogP contribution in [0.4, 0.5) is 0 Å². The van der Waals surface area contributed by atoms with E-state index in [1.54, 1.807) is 0 Å². The molecule has 1 aromatic rings. The Balaban J connectivity index is 1.85. The fourth-order valence-electron chi connectivity index (χ4n) is 2.55. The number of methoxy groups -OCH3 is 1. The van der Waals surface area contributed by atoms with Gasteiger partial charge >= 0.3 is 5.97 Å². The average molecular weight is 277 g/mol. The Bertz CT molecular complexity index is 415. The van der Waals surface area contributed by atoms with Gasteiger partial charge in [0, 0.05) is 19.2 Å². The summed E-state index contributed by atoms with van der Waals surface area (Å²) in [6.45, 7) is 3.40. The molecule has 1 atom stereocenters. The zero-order valence-corrected chi connectivity index (χ0v) is 12.2. The molecule has 0 bridgehead atoms. The normalized spacial score (nSPS) is 22.9. The molecule has 0 aliphatic heterocycles. The number of hydrogen-bond donors (Lipinski definition) is 1. The van der Waals surface area contributed by atoms with E-state index < -0.39 is 0 Å². The first-order valence-electron chi connectivity index (χ1n) is 7.22. The van der Waals surface area contributed by atoms with Crippen LogP contribution in [0.3, 0.4) is 0 Å². The minimum Gasteiger partial charge on any atom is -0.469 e. The second-order valence-electron chi connectivity index (χ2n) is 5.14. The van der Waals surface area contributed by atoms with E-state index >= 15 is 0 Å². The molecule has 4 heteroatoms. The monoisotopic (exact) mass is 277 g/mol. The van der Waals surface area contributed by atoms with Crippen molar-refractivity contribution in [2.24, 2.45) is 0 Å². The lowest BCUT2D eigenvalue weighted by Gasteiger charge is -2.36. The van der Waals surface area contributed by atoms with E-state index in [2.05, 4.69) is 5.32 Å². The van der Waals surface area contributed by atoms with Gasteiger partial charge in [-0.15, -0.1) is 0 Å². The van der Waals surface area contributed by atoms with Crippen LogP contribution in [0.5, 0.6) is 0 Å². The lowest BCUT2D eigenvalue weighted by atomic mass is 9.88. The predicted molar refractivity (Wildman–Crippen MR) is 77.6 cm³/mol. The SMILES string of the molecule is CCOC1CC(NCC(C(=O)OC)c2ccccc2)C1. The molecule has 1 fully saturated rings. The molecule has 0 heterocycles. The molecule has 1 aromatic carbocycles. The van der Waals surface area contributed by atoms with Gasteiger partial charge in [0.1, 0.15) is 0 Å². The highest BCUT2D eigenvalue weighted by Crippen LogP contribution is 2.24. The van der Waals surface area contributed by atoms with E-state index in [9.17, 15) is 4.79 Å². The third-order valence-electron chi connectivity index (χ3n) is 3.80. The molecule has 0 aromatic heterocycles. The van der Waals surface area contributed by atoms with E-state index in [1.165, 1.54) is 7.11 Å². The minimum atomic E-state index is -0.243. The summed E-state index contributed by atoms with van der Waals surface area (Å²) < 4.78 is 10.4. The van der Waals surface area contributed by atoms with Crippen molar-refractivity contribution >= 4 is 5.97 Å². The molecule has 1 saturated carbocycles. The summed E-state index contributed by atoms with van der Waals surface area (Å²) in [6, 6.07) is 10.2. The zero-order chi connectivity index (χ0) is 14.4. The fraction of sp³-hybridized carbons (Fsp3) is 0.562. The summed E-state index contributed by atoms with van der Waals surface area (Å²) in [6.07, 6.45) is 2.43. The Morgan fingerprint density at radius 1 is 1.35 bits per heavy atom. The van der Waals surface area contributed by atoms with Crippen LogP contribution in [0.15, 0.2) is 30.3 Å². The zero-order valence-electron chi connectivity index (χ0n) is 12.2. The number of carbonyl (C=O) groups is 1. The van der Waals surface area contributed by atoms with E-state index in [4.69, 9.17) is 9.47 Å². The van der Waals surface area contributed by atoms with Gasteiger partial charge in [-0.2, -0.15) is 0 Å². The van der Waals surface area contributed by atoms with E-state index in [0.717, 1.165) is 25.0 Å².